The first-order valence-electron chi connectivity index (χ1n) is 3.45. The average Bonchev–Trinajstić information content (AvgIpc) is 2.55. The zero-order chi connectivity index (χ0) is 10.1. The second-order valence-electron chi connectivity index (χ2n) is 2.67. The SMILES string of the molecule is COOP(O)(=S)OCC1CC1(Cl)Cl. The third-order valence-corrected chi connectivity index (χ3v) is 3.80. The summed E-state index contributed by atoms with van der Waals surface area (Å²) in [4.78, 5) is 13.4. The van der Waals surface area contributed by atoms with Crippen LogP contribution in [0.2, 0.25) is 0 Å². The number of alkyl halides is 2. The summed E-state index contributed by atoms with van der Waals surface area (Å²) in [6.07, 6.45) is 0.637. The quantitative estimate of drug-likeness (QED) is 0.357. The molecule has 2 atom stereocenters. The molecule has 8 heteroatoms. The molecule has 0 bridgehead atoms. The van der Waals surface area contributed by atoms with Gasteiger partial charge < -0.3 is 9.42 Å². The molecular formula is C5H9Cl2O4PS. The van der Waals surface area contributed by atoms with Crippen LogP contribution in [0.25, 0.3) is 0 Å². The van der Waals surface area contributed by atoms with Gasteiger partial charge in [-0.2, -0.15) is 0 Å². The van der Waals surface area contributed by atoms with E-state index in [-0.39, 0.29) is 12.5 Å². The van der Waals surface area contributed by atoms with Gasteiger partial charge in [-0.25, -0.2) is 4.89 Å². The van der Waals surface area contributed by atoms with E-state index in [1.807, 2.05) is 0 Å². The molecule has 0 aromatic heterocycles. The van der Waals surface area contributed by atoms with Crippen LogP contribution >= 0.6 is 29.9 Å². The van der Waals surface area contributed by atoms with Crippen LogP contribution in [0.3, 0.4) is 0 Å². The van der Waals surface area contributed by atoms with Crippen molar-refractivity contribution in [3.63, 3.8) is 0 Å². The number of hydrogen-bond acceptors (Lipinski definition) is 4. The van der Waals surface area contributed by atoms with Crippen LogP contribution in [0, 0.1) is 5.92 Å². The monoisotopic (exact) mass is 266 g/mol. The van der Waals surface area contributed by atoms with Gasteiger partial charge in [-0.05, 0) is 18.2 Å². The summed E-state index contributed by atoms with van der Waals surface area (Å²) >= 11 is 16.0. The highest BCUT2D eigenvalue weighted by atomic mass is 35.5. The lowest BCUT2D eigenvalue weighted by molar-refractivity contribution is -0.189. The van der Waals surface area contributed by atoms with Crippen molar-refractivity contribution >= 4 is 41.7 Å². The molecule has 13 heavy (non-hydrogen) atoms. The molecule has 1 N–H and O–H groups in total. The molecule has 0 radical (unpaired) electrons. The Balaban J connectivity index is 2.23. The molecule has 1 fully saturated rings. The van der Waals surface area contributed by atoms with Crippen molar-refractivity contribution in [3.05, 3.63) is 0 Å². The molecule has 78 valence electrons. The van der Waals surface area contributed by atoms with Crippen LogP contribution in [0.5, 0.6) is 0 Å². The van der Waals surface area contributed by atoms with E-state index in [1.165, 1.54) is 7.11 Å². The van der Waals surface area contributed by atoms with Gasteiger partial charge in [0, 0.05) is 5.92 Å². The highest BCUT2D eigenvalue weighted by Crippen LogP contribution is 2.55. The summed E-state index contributed by atoms with van der Waals surface area (Å²) in [7, 11) is 1.24. The van der Waals surface area contributed by atoms with Gasteiger partial charge in [-0.15, -0.1) is 27.9 Å². The topological polar surface area (TPSA) is 47.9 Å². The molecule has 1 aliphatic rings. The largest absolute Gasteiger partial charge is 0.353 e. The van der Waals surface area contributed by atoms with Crippen molar-refractivity contribution in [2.24, 2.45) is 5.92 Å². The van der Waals surface area contributed by atoms with Gasteiger partial charge in [0.2, 0.25) is 0 Å². The summed E-state index contributed by atoms with van der Waals surface area (Å²) in [6, 6.07) is 0. The maximum absolute atomic E-state index is 9.23. The minimum absolute atomic E-state index is 0.00534. The molecule has 0 aliphatic heterocycles. The van der Waals surface area contributed by atoms with Gasteiger partial charge in [0.15, 0.2) is 0 Å². The number of hydrogen-bond donors (Lipinski definition) is 1. The zero-order valence-electron chi connectivity index (χ0n) is 6.77. The normalized spacial score (nSPS) is 29.7. The Kier molecular flexibility index (Phi) is 4.01. The van der Waals surface area contributed by atoms with Crippen LogP contribution in [0.15, 0.2) is 0 Å². The van der Waals surface area contributed by atoms with Crippen molar-refractivity contribution in [1.29, 1.82) is 0 Å². The average molecular weight is 267 g/mol. The maximum Gasteiger partial charge on any atom is 0.353 e. The fraction of sp³-hybridized carbons (Fsp3) is 1.00. The molecular weight excluding hydrogens is 258 g/mol. The minimum Gasteiger partial charge on any atom is -0.323 e. The van der Waals surface area contributed by atoms with Crippen LogP contribution in [-0.2, 0) is 25.9 Å². The summed E-state index contributed by atoms with van der Waals surface area (Å²) in [6.45, 7) is -3.08. The highest BCUT2D eigenvalue weighted by molar-refractivity contribution is 8.07. The lowest BCUT2D eigenvalue weighted by atomic mass is 10.5. The Morgan fingerprint density at radius 1 is 1.69 bits per heavy atom. The summed E-state index contributed by atoms with van der Waals surface area (Å²) in [5.41, 5.74) is 0. The van der Waals surface area contributed by atoms with Crippen molar-refractivity contribution in [2.45, 2.75) is 10.8 Å². The smallest absolute Gasteiger partial charge is 0.323 e. The first kappa shape index (κ1) is 12.1. The third-order valence-electron chi connectivity index (χ3n) is 1.56. The summed E-state index contributed by atoms with van der Waals surface area (Å²) in [5.74, 6) is 0.00534. The van der Waals surface area contributed by atoms with Crippen LogP contribution in [-0.4, -0.2) is 22.9 Å². The molecule has 2 unspecified atom stereocenters. The van der Waals surface area contributed by atoms with E-state index in [2.05, 4.69) is 21.4 Å². The Labute approximate surface area is 91.2 Å². The van der Waals surface area contributed by atoms with Crippen LogP contribution in [0.1, 0.15) is 6.42 Å². The van der Waals surface area contributed by atoms with E-state index >= 15 is 0 Å². The fourth-order valence-corrected chi connectivity index (χ4v) is 2.21. The van der Waals surface area contributed by atoms with Crippen molar-refractivity contribution < 1.29 is 19.0 Å². The van der Waals surface area contributed by atoms with Crippen LogP contribution < -0.4 is 0 Å². The van der Waals surface area contributed by atoms with E-state index in [0.717, 1.165) is 0 Å². The van der Waals surface area contributed by atoms with Crippen molar-refractivity contribution in [1.82, 2.24) is 0 Å². The second-order valence-corrected chi connectivity index (χ2v) is 6.94. The van der Waals surface area contributed by atoms with E-state index in [9.17, 15) is 4.89 Å². The van der Waals surface area contributed by atoms with Crippen molar-refractivity contribution in [3.8, 4) is 0 Å². The molecule has 1 aliphatic carbocycles. The van der Waals surface area contributed by atoms with E-state index in [0.29, 0.717) is 6.42 Å². The first-order chi connectivity index (χ1) is 5.87. The Morgan fingerprint density at radius 3 is 2.62 bits per heavy atom. The maximum atomic E-state index is 9.23. The number of halogens is 2. The predicted molar refractivity (Wildman–Crippen MR) is 53.1 cm³/mol. The fourth-order valence-electron chi connectivity index (χ4n) is 0.750. The molecule has 0 saturated heterocycles. The lowest BCUT2D eigenvalue weighted by Crippen LogP contribution is -2.01. The molecule has 0 amide bonds. The zero-order valence-corrected chi connectivity index (χ0v) is 10.00. The summed E-state index contributed by atoms with van der Waals surface area (Å²) in [5, 5.41) is 0. The second kappa shape index (κ2) is 4.29. The molecule has 1 saturated carbocycles. The molecule has 0 aromatic rings. The minimum atomic E-state index is -3.27. The Morgan fingerprint density at radius 2 is 2.23 bits per heavy atom. The molecule has 4 nitrogen and oxygen atoms in total. The first-order valence-corrected chi connectivity index (χ1v) is 6.79. The molecule has 0 heterocycles. The lowest BCUT2D eigenvalue weighted by Gasteiger charge is -2.12. The van der Waals surface area contributed by atoms with Gasteiger partial charge in [0.1, 0.15) is 4.33 Å². The van der Waals surface area contributed by atoms with Crippen molar-refractivity contribution in [2.75, 3.05) is 13.7 Å². The molecule has 0 spiro atoms. The van der Waals surface area contributed by atoms with E-state index in [1.54, 1.807) is 0 Å². The molecule has 1 rings (SSSR count). The van der Waals surface area contributed by atoms with Gasteiger partial charge in [0.05, 0.1) is 13.7 Å². The summed E-state index contributed by atoms with van der Waals surface area (Å²) < 4.78 is 8.51. The van der Waals surface area contributed by atoms with Gasteiger partial charge in [0.25, 0.3) is 0 Å². The van der Waals surface area contributed by atoms with Gasteiger partial charge >= 0.3 is 6.72 Å². The Hall–Kier alpha value is 1.07. The molecule has 0 aromatic carbocycles. The van der Waals surface area contributed by atoms with E-state index < -0.39 is 11.1 Å². The Bertz CT molecular complexity index is 237. The van der Waals surface area contributed by atoms with Gasteiger partial charge in [-0.1, -0.05) is 0 Å². The van der Waals surface area contributed by atoms with E-state index in [4.69, 9.17) is 27.7 Å². The van der Waals surface area contributed by atoms with Gasteiger partial charge in [-0.3, -0.25) is 0 Å². The standard InChI is InChI=1S/C5H9Cl2O4PS/c1-9-11-12(8,13)10-3-4-2-5(4,6)7/h4H,2-3H2,1H3,(H,8,13). The number of rotatable bonds is 5. The predicted octanol–water partition coefficient (Wildman–Crippen LogP) is 1.99. The third kappa shape index (κ3) is 3.98. The highest BCUT2D eigenvalue weighted by Gasteiger charge is 2.52. The van der Waals surface area contributed by atoms with Crippen LogP contribution in [0.4, 0.5) is 0 Å².